The molecule has 5 nitrogen and oxygen atoms in total. The molecule has 0 aliphatic carbocycles. The maximum atomic E-state index is 12.0. The van der Waals surface area contributed by atoms with Crippen LogP contribution in [-0.2, 0) is 9.53 Å². The van der Waals surface area contributed by atoms with Gasteiger partial charge in [0.2, 0.25) is 5.91 Å². The smallest absolute Gasteiger partial charge is 0.241 e. The Morgan fingerprint density at radius 2 is 2.00 bits per heavy atom. The molecule has 0 saturated heterocycles. The Morgan fingerprint density at radius 3 is 2.50 bits per heavy atom. The highest BCUT2D eigenvalue weighted by atomic mass is 35.5. The van der Waals surface area contributed by atoms with Crippen molar-refractivity contribution in [1.29, 1.82) is 0 Å². The van der Waals surface area contributed by atoms with Gasteiger partial charge in [-0.05, 0) is 23.6 Å². The Bertz CT molecular complexity index is 490. The molecule has 0 aliphatic rings. The summed E-state index contributed by atoms with van der Waals surface area (Å²) in [5, 5.41) is 3.18. The number of ether oxygens (including phenoxy) is 2. The molecule has 7 heteroatoms. The first-order chi connectivity index (χ1) is 9.75. The highest BCUT2D eigenvalue weighted by Gasteiger charge is 2.27. The number of methoxy groups -OCH3 is 1. The number of amides is 1. The van der Waals surface area contributed by atoms with Crippen LogP contribution in [0.2, 0.25) is 5.02 Å². The van der Waals surface area contributed by atoms with Crippen molar-refractivity contribution >= 4 is 35.6 Å². The third kappa shape index (κ3) is 6.40. The maximum absolute atomic E-state index is 12.0. The lowest BCUT2D eigenvalue weighted by molar-refractivity contribution is -0.119. The Morgan fingerprint density at radius 1 is 1.36 bits per heavy atom. The average Bonchev–Trinajstić information content (AvgIpc) is 2.39. The summed E-state index contributed by atoms with van der Waals surface area (Å²) in [6, 6.07) is 4.46. The van der Waals surface area contributed by atoms with Gasteiger partial charge >= 0.3 is 0 Å². The zero-order chi connectivity index (χ0) is 16.0. The van der Waals surface area contributed by atoms with Gasteiger partial charge in [-0.1, -0.05) is 32.4 Å². The SMILES string of the molecule is COCCOc1ccc(NC(=O)[C@@H](N)C(C)(C)C)cc1Cl.Cl. The van der Waals surface area contributed by atoms with Crippen molar-refractivity contribution in [2.75, 3.05) is 25.6 Å². The van der Waals surface area contributed by atoms with Gasteiger partial charge in [0.25, 0.3) is 0 Å². The fourth-order valence-electron chi connectivity index (χ4n) is 1.54. The maximum Gasteiger partial charge on any atom is 0.241 e. The summed E-state index contributed by atoms with van der Waals surface area (Å²) in [7, 11) is 1.60. The predicted octanol–water partition coefficient (Wildman–Crippen LogP) is 3.10. The molecule has 1 aromatic carbocycles. The number of carbonyl (C=O) groups is 1. The topological polar surface area (TPSA) is 73.6 Å². The van der Waals surface area contributed by atoms with E-state index in [1.54, 1.807) is 25.3 Å². The zero-order valence-electron chi connectivity index (χ0n) is 13.3. The minimum atomic E-state index is -0.603. The van der Waals surface area contributed by atoms with Crippen LogP contribution in [0.3, 0.4) is 0 Å². The number of nitrogens with one attached hydrogen (secondary N) is 1. The Balaban J connectivity index is 0.00000441. The molecule has 0 radical (unpaired) electrons. The Hall–Kier alpha value is -1.01. The molecule has 3 N–H and O–H groups in total. The average molecular weight is 351 g/mol. The number of carbonyl (C=O) groups excluding carboxylic acids is 1. The van der Waals surface area contributed by atoms with Gasteiger partial charge in [0.1, 0.15) is 12.4 Å². The zero-order valence-corrected chi connectivity index (χ0v) is 14.9. The lowest BCUT2D eigenvalue weighted by Crippen LogP contribution is -2.45. The summed E-state index contributed by atoms with van der Waals surface area (Å²) in [6.45, 7) is 6.64. The molecule has 0 aliphatic heterocycles. The first-order valence-electron chi connectivity index (χ1n) is 6.73. The van der Waals surface area contributed by atoms with Crippen LogP contribution in [0.1, 0.15) is 20.8 Å². The first kappa shape index (κ1) is 21.0. The monoisotopic (exact) mass is 350 g/mol. The molecule has 0 fully saturated rings. The van der Waals surface area contributed by atoms with E-state index < -0.39 is 6.04 Å². The van der Waals surface area contributed by atoms with Crippen LogP contribution in [0, 0.1) is 5.41 Å². The van der Waals surface area contributed by atoms with Crippen molar-refractivity contribution < 1.29 is 14.3 Å². The molecule has 22 heavy (non-hydrogen) atoms. The van der Waals surface area contributed by atoms with Crippen molar-refractivity contribution in [1.82, 2.24) is 0 Å². The van der Waals surface area contributed by atoms with E-state index in [0.29, 0.717) is 29.7 Å². The summed E-state index contributed by atoms with van der Waals surface area (Å²) >= 11 is 6.11. The van der Waals surface area contributed by atoms with Gasteiger partial charge in [-0.3, -0.25) is 4.79 Å². The third-order valence-electron chi connectivity index (χ3n) is 2.96. The largest absolute Gasteiger partial charge is 0.490 e. The van der Waals surface area contributed by atoms with E-state index in [1.807, 2.05) is 20.8 Å². The number of anilines is 1. The van der Waals surface area contributed by atoms with Gasteiger partial charge < -0.3 is 20.5 Å². The molecular weight excluding hydrogens is 327 g/mol. The van der Waals surface area contributed by atoms with E-state index in [4.69, 9.17) is 26.8 Å². The van der Waals surface area contributed by atoms with Gasteiger partial charge in [-0.25, -0.2) is 0 Å². The van der Waals surface area contributed by atoms with E-state index in [1.165, 1.54) is 0 Å². The summed E-state index contributed by atoms with van der Waals surface area (Å²) < 4.78 is 10.3. The molecule has 0 spiro atoms. The van der Waals surface area contributed by atoms with E-state index in [-0.39, 0.29) is 23.7 Å². The van der Waals surface area contributed by atoms with Crippen LogP contribution < -0.4 is 15.8 Å². The molecule has 1 amide bonds. The normalized spacial score (nSPS) is 12.3. The quantitative estimate of drug-likeness (QED) is 0.773. The third-order valence-corrected chi connectivity index (χ3v) is 3.26. The highest BCUT2D eigenvalue weighted by molar-refractivity contribution is 6.32. The van der Waals surface area contributed by atoms with Crippen molar-refractivity contribution in [2.24, 2.45) is 11.1 Å². The number of hydrogen-bond acceptors (Lipinski definition) is 4. The number of nitrogens with two attached hydrogens (primary N) is 1. The minimum absolute atomic E-state index is 0. The van der Waals surface area contributed by atoms with E-state index in [0.717, 1.165) is 0 Å². The summed E-state index contributed by atoms with van der Waals surface area (Å²) in [5.41, 5.74) is 6.19. The van der Waals surface area contributed by atoms with Crippen LogP contribution >= 0.6 is 24.0 Å². The summed E-state index contributed by atoms with van der Waals surface area (Å²) in [6.07, 6.45) is 0. The molecule has 1 atom stereocenters. The Kier molecular flexibility index (Phi) is 8.78. The highest BCUT2D eigenvalue weighted by Crippen LogP contribution is 2.28. The fourth-order valence-corrected chi connectivity index (χ4v) is 1.78. The van der Waals surface area contributed by atoms with Crippen molar-refractivity contribution in [3.05, 3.63) is 23.2 Å². The lowest BCUT2D eigenvalue weighted by Gasteiger charge is -2.25. The standard InChI is InChI=1S/C15H23ClN2O3.ClH/c1-15(2,3)13(17)14(19)18-10-5-6-12(11(16)9-10)21-8-7-20-4;/h5-6,9,13H,7-8,17H2,1-4H3,(H,18,19);1H/t13-;/m1./s1. The second-order valence-electron chi connectivity index (χ2n) is 5.82. The molecule has 1 aromatic rings. The number of rotatable bonds is 6. The predicted molar refractivity (Wildman–Crippen MR) is 92.1 cm³/mol. The van der Waals surface area contributed by atoms with Gasteiger partial charge in [-0.2, -0.15) is 0 Å². The molecule has 0 heterocycles. The number of hydrogen-bond donors (Lipinski definition) is 2. The molecule has 1 rings (SSSR count). The van der Waals surface area contributed by atoms with Gasteiger partial charge in [0.15, 0.2) is 0 Å². The lowest BCUT2D eigenvalue weighted by atomic mass is 9.87. The molecule has 126 valence electrons. The van der Waals surface area contributed by atoms with Crippen molar-refractivity contribution in [2.45, 2.75) is 26.8 Å². The van der Waals surface area contributed by atoms with Gasteiger partial charge in [0.05, 0.1) is 17.7 Å². The van der Waals surface area contributed by atoms with Crippen molar-refractivity contribution in [3.8, 4) is 5.75 Å². The first-order valence-corrected chi connectivity index (χ1v) is 7.11. The number of benzene rings is 1. The minimum Gasteiger partial charge on any atom is -0.490 e. The van der Waals surface area contributed by atoms with Crippen LogP contribution in [0.25, 0.3) is 0 Å². The molecule has 0 unspecified atom stereocenters. The van der Waals surface area contributed by atoms with Crippen LogP contribution in [0.5, 0.6) is 5.75 Å². The van der Waals surface area contributed by atoms with E-state index in [2.05, 4.69) is 5.32 Å². The molecule has 0 saturated carbocycles. The fraction of sp³-hybridized carbons (Fsp3) is 0.533. The summed E-state index contributed by atoms with van der Waals surface area (Å²) in [5.74, 6) is 0.304. The van der Waals surface area contributed by atoms with Crippen molar-refractivity contribution in [3.63, 3.8) is 0 Å². The summed E-state index contributed by atoms with van der Waals surface area (Å²) in [4.78, 5) is 12.0. The van der Waals surface area contributed by atoms with E-state index >= 15 is 0 Å². The van der Waals surface area contributed by atoms with Gasteiger partial charge in [0, 0.05) is 12.8 Å². The molecule has 0 aromatic heterocycles. The molecular formula is C15H24Cl2N2O3. The van der Waals surface area contributed by atoms with Crippen LogP contribution in [0.4, 0.5) is 5.69 Å². The van der Waals surface area contributed by atoms with Crippen LogP contribution in [0.15, 0.2) is 18.2 Å². The van der Waals surface area contributed by atoms with E-state index in [9.17, 15) is 4.79 Å². The van der Waals surface area contributed by atoms with Gasteiger partial charge in [-0.15, -0.1) is 12.4 Å². The number of halogens is 2. The second kappa shape index (κ2) is 9.20. The molecule has 0 bridgehead atoms. The Labute approximate surface area is 142 Å². The second-order valence-corrected chi connectivity index (χ2v) is 6.23. The van der Waals surface area contributed by atoms with Crippen LogP contribution in [-0.4, -0.2) is 32.3 Å².